The molecule has 0 bridgehead atoms. The molecule has 0 unspecified atom stereocenters. The average molecular weight is 143 g/mol. The van der Waals surface area contributed by atoms with Crippen LogP contribution in [0.5, 0.6) is 0 Å². The lowest BCUT2D eigenvalue weighted by Gasteiger charge is -2.04. The number of hydrogen-bond acceptors (Lipinski definition) is 3. The van der Waals surface area contributed by atoms with Gasteiger partial charge in [0.15, 0.2) is 0 Å². The Morgan fingerprint density at radius 3 is 2.60 bits per heavy atom. The van der Waals surface area contributed by atoms with Crippen LogP contribution in [0, 0.1) is 0 Å². The van der Waals surface area contributed by atoms with Gasteiger partial charge in [0.25, 0.3) is 0 Å². The maximum atomic E-state index is 10.7. The predicted octanol–water partition coefficient (Wildman–Crippen LogP) is 0.374. The molecular weight excluding hydrogens is 134 g/mol. The van der Waals surface area contributed by atoms with Crippen LogP contribution in [-0.4, -0.2) is 29.5 Å². The molecule has 0 saturated carbocycles. The lowest BCUT2D eigenvalue weighted by molar-refractivity contribution is -0.125. The molecule has 10 heavy (non-hydrogen) atoms. The number of rotatable bonds is 0. The van der Waals surface area contributed by atoms with E-state index in [1.54, 1.807) is 6.92 Å². The van der Waals surface area contributed by atoms with Crippen LogP contribution in [0.4, 0.5) is 4.79 Å². The fraction of sp³-hybridized carbons (Fsp3) is 0.667. The van der Waals surface area contributed by atoms with Gasteiger partial charge in [-0.1, -0.05) is 0 Å². The SMILES string of the molecule is CC(=O)N1C[C@H](C)OC1=O. The fourth-order valence-electron chi connectivity index (χ4n) is 0.862. The first-order chi connectivity index (χ1) is 4.61. The van der Waals surface area contributed by atoms with E-state index in [1.807, 2.05) is 0 Å². The van der Waals surface area contributed by atoms with Crippen LogP contribution in [0.25, 0.3) is 0 Å². The van der Waals surface area contributed by atoms with Crippen molar-refractivity contribution in [2.75, 3.05) is 6.54 Å². The summed E-state index contributed by atoms with van der Waals surface area (Å²) in [6.45, 7) is 3.48. The van der Waals surface area contributed by atoms with E-state index in [0.717, 1.165) is 4.90 Å². The van der Waals surface area contributed by atoms with Crippen LogP contribution >= 0.6 is 0 Å². The fourth-order valence-corrected chi connectivity index (χ4v) is 0.862. The summed E-state index contributed by atoms with van der Waals surface area (Å²) in [7, 11) is 0. The Morgan fingerprint density at radius 2 is 2.40 bits per heavy atom. The highest BCUT2D eigenvalue weighted by molar-refractivity contribution is 5.91. The normalized spacial score (nSPS) is 24.8. The van der Waals surface area contributed by atoms with E-state index >= 15 is 0 Å². The number of carbonyl (C=O) groups excluding carboxylic acids is 2. The molecule has 0 aromatic rings. The minimum absolute atomic E-state index is 0.156. The number of carbonyl (C=O) groups is 2. The Kier molecular flexibility index (Phi) is 1.61. The van der Waals surface area contributed by atoms with E-state index in [2.05, 4.69) is 0 Å². The van der Waals surface area contributed by atoms with Gasteiger partial charge in [0.2, 0.25) is 5.91 Å². The van der Waals surface area contributed by atoms with Gasteiger partial charge < -0.3 is 4.74 Å². The minimum Gasteiger partial charge on any atom is -0.444 e. The monoisotopic (exact) mass is 143 g/mol. The molecule has 1 atom stereocenters. The highest BCUT2D eigenvalue weighted by Gasteiger charge is 2.30. The van der Waals surface area contributed by atoms with E-state index < -0.39 is 6.09 Å². The molecule has 4 heteroatoms. The van der Waals surface area contributed by atoms with Crippen molar-refractivity contribution in [1.29, 1.82) is 0 Å². The highest BCUT2D eigenvalue weighted by Crippen LogP contribution is 2.09. The third kappa shape index (κ3) is 1.10. The van der Waals surface area contributed by atoms with Crippen LogP contribution in [0.2, 0.25) is 0 Å². The number of hydrogen-bond donors (Lipinski definition) is 0. The number of imide groups is 1. The zero-order valence-corrected chi connectivity index (χ0v) is 5.96. The first-order valence-corrected chi connectivity index (χ1v) is 3.10. The molecule has 2 amide bonds. The van der Waals surface area contributed by atoms with Gasteiger partial charge in [-0.3, -0.25) is 4.79 Å². The molecule has 0 radical (unpaired) electrons. The lowest BCUT2D eigenvalue weighted by Crippen LogP contribution is -2.29. The average Bonchev–Trinajstić information content (AvgIpc) is 2.10. The topological polar surface area (TPSA) is 46.6 Å². The molecule has 0 N–H and O–H groups in total. The summed E-state index contributed by atoms with van der Waals surface area (Å²) in [5, 5.41) is 0. The van der Waals surface area contributed by atoms with Gasteiger partial charge in [-0.25, -0.2) is 9.69 Å². The van der Waals surface area contributed by atoms with Gasteiger partial charge >= 0.3 is 6.09 Å². The molecule has 1 fully saturated rings. The Morgan fingerprint density at radius 1 is 1.80 bits per heavy atom. The van der Waals surface area contributed by atoms with Crippen molar-refractivity contribution >= 4 is 12.0 Å². The second kappa shape index (κ2) is 2.28. The second-order valence-electron chi connectivity index (χ2n) is 2.32. The molecule has 4 nitrogen and oxygen atoms in total. The zero-order chi connectivity index (χ0) is 7.72. The van der Waals surface area contributed by atoms with Crippen molar-refractivity contribution < 1.29 is 14.3 Å². The summed E-state index contributed by atoms with van der Waals surface area (Å²) in [6.07, 6.45) is -0.684. The second-order valence-corrected chi connectivity index (χ2v) is 2.32. The van der Waals surface area contributed by atoms with Gasteiger partial charge in [0, 0.05) is 6.92 Å². The smallest absolute Gasteiger partial charge is 0.416 e. The van der Waals surface area contributed by atoms with Crippen molar-refractivity contribution in [3.63, 3.8) is 0 Å². The summed E-state index contributed by atoms with van der Waals surface area (Å²) in [5.74, 6) is -0.255. The molecule has 1 aliphatic rings. The number of ether oxygens (including phenoxy) is 1. The lowest BCUT2D eigenvalue weighted by atomic mass is 10.4. The van der Waals surface area contributed by atoms with E-state index in [9.17, 15) is 9.59 Å². The molecule has 0 spiro atoms. The van der Waals surface area contributed by atoms with Crippen molar-refractivity contribution in [2.24, 2.45) is 0 Å². The largest absolute Gasteiger partial charge is 0.444 e. The quantitative estimate of drug-likeness (QED) is 0.492. The maximum absolute atomic E-state index is 10.7. The standard InChI is InChI=1S/C6H9NO3/c1-4-3-7(5(2)8)6(9)10-4/h4H,3H2,1-2H3/t4-/m0/s1. The molecule has 1 aliphatic heterocycles. The molecule has 0 aromatic heterocycles. The molecule has 1 saturated heterocycles. The number of nitrogens with zero attached hydrogens (tertiary/aromatic N) is 1. The Balaban J connectivity index is 2.63. The van der Waals surface area contributed by atoms with Crippen molar-refractivity contribution in [1.82, 2.24) is 4.90 Å². The first kappa shape index (κ1) is 7.05. The van der Waals surface area contributed by atoms with Crippen molar-refractivity contribution in [3.05, 3.63) is 0 Å². The van der Waals surface area contributed by atoms with Gasteiger partial charge in [-0.2, -0.15) is 0 Å². The Hall–Kier alpha value is -1.06. The van der Waals surface area contributed by atoms with Crippen LogP contribution in [0.3, 0.4) is 0 Å². The van der Waals surface area contributed by atoms with Crippen LogP contribution in [0.15, 0.2) is 0 Å². The number of cyclic esters (lactones) is 1. The number of amides is 2. The van der Waals surface area contributed by atoms with Crippen LogP contribution < -0.4 is 0 Å². The highest BCUT2D eigenvalue weighted by atomic mass is 16.6. The summed E-state index contributed by atoms with van der Waals surface area (Å²) in [4.78, 5) is 22.4. The Labute approximate surface area is 58.8 Å². The predicted molar refractivity (Wildman–Crippen MR) is 33.3 cm³/mol. The molecular formula is C6H9NO3. The minimum atomic E-state index is -0.528. The zero-order valence-electron chi connectivity index (χ0n) is 5.96. The Bertz CT molecular complexity index is 178. The van der Waals surface area contributed by atoms with E-state index in [1.165, 1.54) is 6.92 Å². The molecule has 0 aliphatic carbocycles. The molecule has 1 heterocycles. The third-order valence-electron chi connectivity index (χ3n) is 1.34. The third-order valence-corrected chi connectivity index (χ3v) is 1.34. The van der Waals surface area contributed by atoms with Gasteiger partial charge in [0.1, 0.15) is 6.10 Å². The first-order valence-electron chi connectivity index (χ1n) is 3.10. The summed E-state index contributed by atoms with van der Waals surface area (Å²) in [5.41, 5.74) is 0. The molecule has 1 rings (SSSR count). The van der Waals surface area contributed by atoms with Gasteiger partial charge in [-0.05, 0) is 6.92 Å². The summed E-state index contributed by atoms with van der Waals surface area (Å²) >= 11 is 0. The van der Waals surface area contributed by atoms with E-state index in [-0.39, 0.29) is 12.0 Å². The molecule has 0 aromatic carbocycles. The van der Waals surface area contributed by atoms with E-state index in [4.69, 9.17) is 4.74 Å². The van der Waals surface area contributed by atoms with Crippen molar-refractivity contribution in [3.8, 4) is 0 Å². The molecule has 56 valence electrons. The van der Waals surface area contributed by atoms with Crippen LogP contribution in [-0.2, 0) is 9.53 Å². The van der Waals surface area contributed by atoms with Gasteiger partial charge in [0.05, 0.1) is 6.54 Å². The van der Waals surface area contributed by atoms with Gasteiger partial charge in [-0.15, -0.1) is 0 Å². The van der Waals surface area contributed by atoms with Crippen molar-refractivity contribution in [2.45, 2.75) is 20.0 Å². The maximum Gasteiger partial charge on any atom is 0.416 e. The van der Waals surface area contributed by atoms with Crippen LogP contribution in [0.1, 0.15) is 13.8 Å². The van der Waals surface area contributed by atoms with E-state index in [0.29, 0.717) is 6.54 Å². The summed E-state index contributed by atoms with van der Waals surface area (Å²) in [6, 6.07) is 0. The summed E-state index contributed by atoms with van der Waals surface area (Å²) < 4.78 is 4.70.